The Bertz CT molecular complexity index is 351. The lowest BCUT2D eigenvalue weighted by Gasteiger charge is -2.17. The topological polar surface area (TPSA) is 38.5 Å². The monoisotopic (exact) mass is 262 g/mol. The molecule has 1 aromatic carbocycles. The number of alkyl halides is 3. The van der Waals surface area contributed by atoms with E-state index in [1.807, 2.05) is 0 Å². The van der Waals surface area contributed by atoms with Crippen molar-refractivity contribution >= 4 is 5.69 Å². The Labute approximate surface area is 104 Å². The highest BCUT2D eigenvalue weighted by Gasteiger charge is 2.26. The van der Waals surface area contributed by atoms with Gasteiger partial charge in [-0.3, -0.25) is 0 Å². The van der Waals surface area contributed by atoms with Gasteiger partial charge >= 0.3 is 6.18 Å². The quantitative estimate of drug-likeness (QED) is 0.801. The molecule has 0 aromatic heterocycles. The standard InChI is InChI=1S/C12H17F3N2O/c1-17(7-6-12(13,14)15)8-9-18-11-4-2-10(16)3-5-11/h2-5H,6-9,16H2,1H3. The van der Waals surface area contributed by atoms with Crippen molar-refractivity contribution in [2.75, 3.05) is 32.5 Å². The number of hydrogen-bond acceptors (Lipinski definition) is 3. The van der Waals surface area contributed by atoms with E-state index < -0.39 is 12.6 Å². The van der Waals surface area contributed by atoms with Crippen LogP contribution in [0.5, 0.6) is 5.75 Å². The first kappa shape index (κ1) is 14.6. The van der Waals surface area contributed by atoms with Crippen molar-refractivity contribution < 1.29 is 17.9 Å². The van der Waals surface area contributed by atoms with Gasteiger partial charge in [-0.15, -0.1) is 0 Å². The second kappa shape index (κ2) is 6.49. The molecule has 0 amide bonds. The van der Waals surface area contributed by atoms with Gasteiger partial charge in [0.2, 0.25) is 0 Å². The minimum atomic E-state index is -4.11. The van der Waals surface area contributed by atoms with Crippen molar-refractivity contribution in [1.29, 1.82) is 0 Å². The fourth-order valence-corrected chi connectivity index (χ4v) is 1.31. The van der Waals surface area contributed by atoms with E-state index in [0.717, 1.165) is 0 Å². The zero-order valence-electron chi connectivity index (χ0n) is 10.2. The summed E-state index contributed by atoms with van der Waals surface area (Å²) in [5, 5.41) is 0. The average Bonchev–Trinajstić information content (AvgIpc) is 2.28. The zero-order valence-corrected chi connectivity index (χ0v) is 10.2. The first-order chi connectivity index (χ1) is 8.37. The molecule has 1 rings (SSSR count). The van der Waals surface area contributed by atoms with E-state index in [2.05, 4.69) is 0 Å². The molecule has 6 heteroatoms. The molecule has 102 valence electrons. The Morgan fingerprint density at radius 3 is 2.33 bits per heavy atom. The van der Waals surface area contributed by atoms with E-state index in [0.29, 0.717) is 24.6 Å². The predicted molar refractivity (Wildman–Crippen MR) is 64.5 cm³/mol. The third-order valence-electron chi connectivity index (χ3n) is 2.40. The Morgan fingerprint density at radius 1 is 1.17 bits per heavy atom. The van der Waals surface area contributed by atoms with Crippen molar-refractivity contribution in [3.8, 4) is 5.75 Å². The summed E-state index contributed by atoms with van der Waals surface area (Å²) >= 11 is 0. The van der Waals surface area contributed by atoms with Crippen LogP contribution < -0.4 is 10.5 Å². The summed E-state index contributed by atoms with van der Waals surface area (Å²) in [6, 6.07) is 6.88. The third-order valence-corrected chi connectivity index (χ3v) is 2.40. The maximum absolute atomic E-state index is 12.0. The lowest BCUT2D eigenvalue weighted by molar-refractivity contribution is -0.137. The molecule has 2 N–H and O–H groups in total. The van der Waals surface area contributed by atoms with Crippen molar-refractivity contribution in [3.63, 3.8) is 0 Å². The van der Waals surface area contributed by atoms with Gasteiger partial charge in [-0.25, -0.2) is 0 Å². The summed E-state index contributed by atoms with van der Waals surface area (Å²) < 4.78 is 41.3. The molecule has 0 heterocycles. The lowest BCUT2D eigenvalue weighted by atomic mass is 10.3. The average molecular weight is 262 g/mol. The molecular formula is C12H17F3N2O. The van der Waals surface area contributed by atoms with Gasteiger partial charge in [0.05, 0.1) is 6.42 Å². The van der Waals surface area contributed by atoms with Crippen LogP contribution in [0.4, 0.5) is 18.9 Å². The molecule has 0 aliphatic rings. The summed E-state index contributed by atoms with van der Waals surface area (Å²) in [4.78, 5) is 1.59. The zero-order chi connectivity index (χ0) is 13.6. The van der Waals surface area contributed by atoms with Gasteiger partial charge in [0.25, 0.3) is 0 Å². The van der Waals surface area contributed by atoms with E-state index >= 15 is 0 Å². The van der Waals surface area contributed by atoms with E-state index in [1.165, 1.54) is 0 Å². The van der Waals surface area contributed by atoms with Gasteiger partial charge in [0.1, 0.15) is 12.4 Å². The van der Waals surface area contributed by atoms with Crippen LogP contribution in [-0.2, 0) is 0 Å². The fourth-order valence-electron chi connectivity index (χ4n) is 1.31. The van der Waals surface area contributed by atoms with Crippen LogP contribution in [0, 0.1) is 0 Å². The molecule has 1 aromatic rings. The SMILES string of the molecule is CN(CCOc1ccc(N)cc1)CCC(F)(F)F. The van der Waals surface area contributed by atoms with Crippen LogP contribution in [0.3, 0.4) is 0 Å². The van der Waals surface area contributed by atoms with E-state index in [9.17, 15) is 13.2 Å². The summed E-state index contributed by atoms with van der Waals surface area (Å²) in [6.07, 6.45) is -4.91. The van der Waals surface area contributed by atoms with Gasteiger partial charge < -0.3 is 15.4 Å². The van der Waals surface area contributed by atoms with E-state index in [-0.39, 0.29) is 6.54 Å². The van der Waals surface area contributed by atoms with Crippen molar-refractivity contribution in [1.82, 2.24) is 4.90 Å². The number of nitrogen functional groups attached to an aromatic ring is 1. The number of ether oxygens (including phenoxy) is 1. The first-order valence-corrected chi connectivity index (χ1v) is 5.60. The maximum Gasteiger partial charge on any atom is 0.390 e. The maximum atomic E-state index is 12.0. The molecule has 0 saturated carbocycles. The van der Waals surface area contributed by atoms with Crippen molar-refractivity contribution in [3.05, 3.63) is 24.3 Å². The largest absolute Gasteiger partial charge is 0.492 e. The summed E-state index contributed by atoms with van der Waals surface area (Å²) in [5.74, 6) is 0.661. The fraction of sp³-hybridized carbons (Fsp3) is 0.500. The number of likely N-dealkylation sites (N-methyl/N-ethyl adjacent to an activating group) is 1. The first-order valence-electron chi connectivity index (χ1n) is 5.60. The Hall–Kier alpha value is -1.43. The molecule has 0 bridgehead atoms. The number of benzene rings is 1. The van der Waals surface area contributed by atoms with E-state index in [1.54, 1.807) is 36.2 Å². The number of halogens is 3. The van der Waals surface area contributed by atoms with Gasteiger partial charge in [0, 0.05) is 18.8 Å². The van der Waals surface area contributed by atoms with Gasteiger partial charge in [0.15, 0.2) is 0 Å². The Kier molecular flexibility index (Phi) is 5.27. The molecule has 0 spiro atoms. The number of nitrogens with zero attached hydrogens (tertiary/aromatic N) is 1. The highest BCUT2D eigenvalue weighted by molar-refractivity contribution is 5.41. The summed E-state index contributed by atoms with van der Waals surface area (Å²) in [6.45, 7) is 0.771. The molecule has 0 aliphatic heterocycles. The number of nitrogens with two attached hydrogens (primary N) is 1. The lowest BCUT2D eigenvalue weighted by Crippen LogP contribution is -2.28. The molecular weight excluding hydrogens is 245 g/mol. The smallest absolute Gasteiger partial charge is 0.390 e. The van der Waals surface area contributed by atoms with Crippen LogP contribution in [0.15, 0.2) is 24.3 Å². The highest BCUT2D eigenvalue weighted by Crippen LogP contribution is 2.19. The van der Waals surface area contributed by atoms with Crippen LogP contribution in [-0.4, -0.2) is 37.8 Å². The van der Waals surface area contributed by atoms with Crippen LogP contribution >= 0.6 is 0 Å². The van der Waals surface area contributed by atoms with Crippen molar-refractivity contribution in [2.24, 2.45) is 0 Å². The predicted octanol–water partition coefficient (Wildman–Crippen LogP) is 2.53. The molecule has 18 heavy (non-hydrogen) atoms. The minimum Gasteiger partial charge on any atom is -0.492 e. The number of anilines is 1. The van der Waals surface area contributed by atoms with Gasteiger partial charge in [-0.05, 0) is 31.3 Å². The number of hydrogen-bond donors (Lipinski definition) is 1. The second-order valence-corrected chi connectivity index (χ2v) is 4.09. The molecule has 0 saturated heterocycles. The molecule has 3 nitrogen and oxygen atoms in total. The van der Waals surface area contributed by atoms with E-state index in [4.69, 9.17) is 10.5 Å². The van der Waals surface area contributed by atoms with Crippen LogP contribution in [0.2, 0.25) is 0 Å². The summed E-state index contributed by atoms with van der Waals surface area (Å²) in [5.41, 5.74) is 6.16. The molecule has 0 aliphatic carbocycles. The Balaban J connectivity index is 2.19. The highest BCUT2D eigenvalue weighted by atomic mass is 19.4. The second-order valence-electron chi connectivity index (χ2n) is 4.09. The molecule has 0 atom stereocenters. The summed E-state index contributed by atoms with van der Waals surface area (Å²) in [7, 11) is 1.64. The van der Waals surface area contributed by atoms with Crippen molar-refractivity contribution in [2.45, 2.75) is 12.6 Å². The molecule has 0 fully saturated rings. The van der Waals surface area contributed by atoms with Crippen LogP contribution in [0.25, 0.3) is 0 Å². The van der Waals surface area contributed by atoms with Crippen LogP contribution in [0.1, 0.15) is 6.42 Å². The van der Waals surface area contributed by atoms with Gasteiger partial charge in [-0.1, -0.05) is 0 Å². The normalized spacial score (nSPS) is 11.8. The Morgan fingerprint density at radius 2 is 1.78 bits per heavy atom. The molecule has 0 unspecified atom stereocenters. The number of rotatable bonds is 6. The minimum absolute atomic E-state index is 0.0192. The van der Waals surface area contributed by atoms with Gasteiger partial charge in [-0.2, -0.15) is 13.2 Å². The molecule has 0 radical (unpaired) electrons. The third kappa shape index (κ3) is 6.34.